The minimum absolute atomic E-state index is 0.798. The highest BCUT2D eigenvalue weighted by atomic mass is 32.1. The van der Waals surface area contributed by atoms with Crippen molar-refractivity contribution in [1.82, 2.24) is 24.2 Å². The number of hydrogen-bond donors (Lipinski definition) is 1. The first kappa shape index (κ1) is 13.3. The average Bonchev–Trinajstić information content (AvgIpc) is 2.77. The standard InChI is InChI=1S/C12H21N5S/c1-5-9-10-11(16(4)14-9)17(12(18)13-10)8-6-7-15(2)3/h5-8H2,1-4H3,(H,13,18). The van der Waals surface area contributed by atoms with Crippen molar-refractivity contribution in [3.8, 4) is 0 Å². The van der Waals surface area contributed by atoms with Crippen molar-refractivity contribution in [2.75, 3.05) is 20.6 Å². The molecule has 0 aliphatic carbocycles. The molecule has 0 aliphatic rings. The summed E-state index contributed by atoms with van der Waals surface area (Å²) in [5.74, 6) is 0. The van der Waals surface area contributed by atoms with Crippen molar-refractivity contribution in [2.45, 2.75) is 26.3 Å². The molecule has 0 amide bonds. The van der Waals surface area contributed by atoms with E-state index in [1.807, 2.05) is 11.7 Å². The first-order valence-electron chi connectivity index (χ1n) is 6.33. The first-order chi connectivity index (χ1) is 8.54. The van der Waals surface area contributed by atoms with Gasteiger partial charge in [-0.1, -0.05) is 6.92 Å². The van der Waals surface area contributed by atoms with E-state index in [9.17, 15) is 0 Å². The lowest BCUT2D eigenvalue weighted by molar-refractivity contribution is 0.386. The van der Waals surface area contributed by atoms with Crippen LogP contribution in [-0.2, 0) is 20.0 Å². The van der Waals surface area contributed by atoms with Gasteiger partial charge in [0.05, 0.1) is 5.69 Å². The molecule has 100 valence electrons. The van der Waals surface area contributed by atoms with Crippen molar-refractivity contribution in [3.63, 3.8) is 0 Å². The normalized spacial score (nSPS) is 11.8. The quantitative estimate of drug-likeness (QED) is 0.842. The SMILES string of the molecule is CCc1nn(C)c2c1[nH]c(=S)n2CCCN(C)C. The number of aromatic nitrogens is 4. The molecular weight excluding hydrogens is 246 g/mol. The van der Waals surface area contributed by atoms with Gasteiger partial charge < -0.3 is 14.5 Å². The summed E-state index contributed by atoms with van der Waals surface area (Å²) in [6, 6.07) is 0. The summed E-state index contributed by atoms with van der Waals surface area (Å²) < 4.78 is 4.88. The molecule has 5 nitrogen and oxygen atoms in total. The zero-order valence-electron chi connectivity index (χ0n) is 11.5. The summed E-state index contributed by atoms with van der Waals surface area (Å²) in [7, 11) is 6.16. The van der Waals surface area contributed by atoms with Crippen LogP contribution in [0.3, 0.4) is 0 Å². The largest absolute Gasteiger partial charge is 0.328 e. The van der Waals surface area contributed by atoms with E-state index in [4.69, 9.17) is 12.2 Å². The number of rotatable bonds is 5. The molecule has 2 heterocycles. The molecule has 18 heavy (non-hydrogen) atoms. The highest BCUT2D eigenvalue weighted by molar-refractivity contribution is 7.71. The van der Waals surface area contributed by atoms with E-state index in [0.717, 1.165) is 47.6 Å². The van der Waals surface area contributed by atoms with Gasteiger partial charge in [-0.25, -0.2) is 0 Å². The minimum atomic E-state index is 0.798. The van der Waals surface area contributed by atoms with Crippen molar-refractivity contribution >= 4 is 23.4 Å². The van der Waals surface area contributed by atoms with Crippen LogP contribution in [0.1, 0.15) is 19.0 Å². The second-order valence-electron chi connectivity index (χ2n) is 4.86. The van der Waals surface area contributed by atoms with Crippen LogP contribution in [0, 0.1) is 4.77 Å². The average molecular weight is 267 g/mol. The maximum Gasteiger partial charge on any atom is 0.179 e. The molecule has 0 fully saturated rings. The summed E-state index contributed by atoms with van der Waals surface area (Å²) in [5.41, 5.74) is 3.29. The van der Waals surface area contributed by atoms with Crippen LogP contribution < -0.4 is 0 Å². The topological polar surface area (TPSA) is 41.8 Å². The monoisotopic (exact) mass is 267 g/mol. The maximum atomic E-state index is 5.41. The molecule has 2 aromatic heterocycles. The van der Waals surface area contributed by atoms with Crippen molar-refractivity contribution < 1.29 is 0 Å². The molecule has 0 atom stereocenters. The van der Waals surface area contributed by atoms with Gasteiger partial charge in [0.25, 0.3) is 0 Å². The summed E-state index contributed by atoms with van der Waals surface area (Å²) in [5, 5.41) is 4.52. The van der Waals surface area contributed by atoms with Crippen molar-refractivity contribution in [3.05, 3.63) is 10.5 Å². The van der Waals surface area contributed by atoms with Crippen LogP contribution in [0.5, 0.6) is 0 Å². The van der Waals surface area contributed by atoms with Gasteiger partial charge in [-0.15, -0.1) is 0 Å². The Hall–Kier alpha value is -1.14. The lowest BCUT2D eigenvalue weighted by atomic mass is 10.3. The number of nitrogens with zero attached hydrogens (tertiary/aromatic N) is 4. The van der Waals surface area contributed by atoms with Gasteiger partial charge >= 0.3 is 0 Å². The van der Waals surface area contributed by atoms with Gasteiger partial charge in [-0.05, 0) is 45.7 Å². The van der Waals surface area contributed by atoms with E-state index in [1.54, 1.807) is 0 Å². The summed E-state index contributed by atoms with van der Waals surface area (Å²) in [6.45, 7) is 4.11. The van der Waals surface area contributed by atoms with E-state index in [2.05, 4.69) is 40.6 Å². The molecule has 0 saturated carbocycles. The lowest BCUT2D eigenvalue weighted by Gasteiger charge is -2.10. The number of H-pyrrole nitrogens is 1. The molecular formula is C12H21N5S. The van der Waals surface area contributed by atoms with E-state index < -0.39 is 0 Å². The maximum absolute atomic E-state index is 5.41. The molecule has 0 bridgehead atoms. The molecule has 2 aromatic rings. The van der Waals surface area contributed by atoms with Crippen LogP contribution in [0.2, 0.25) is 0 Å². The van der Waals surface area contributed by atoms with Crippen molar-refractivity contribution in [1.29, 1.82) is 0 Å². The van der Waals surface area contributed by atoms with Gasteiger partial charge in [0.2, 0.25) is 0 Å². The zero-order valence-corrected chi connectivity index (χ0v) is 12.3. The van der Waals surface area contributed by atoms with E-state index in [-0.39, 0.29) is 0 Å². The fourth-order valence-corrected chi connectivity index (χ4v) is 2.56. The zero-order chi connectivity index (χ0) is 13.3. The summed E-state index contributed by atoms with van der Waals surface area (Å²) in [4.78, 5) is 5.48. The van der Waals surface area contributed by atoms with Gasteiger partial charge in [0.1, 0.15) is 5.52 Å². The molecule has 2 rings (SSSR count). The third-order valence-corrected chi connectivity index (χ3v) is 3.47. The molecule has 0 aromatic carbocycles. The lowest BCUT2D eigenvalue weighted by Crippen LogP contribution is -2.15. The molecule has 0 spiro atoms. The van der Waals surface area contributed by atoms with E-state index in [0.29, 0.717) is 0 Å². The Morgan fingerprint density at radius 2 is 2.11 bits per heavy atom. The van der Waals surface area contributed by atoms with Gasteiger partial charge in [0, 0.05) is 13.6 Å². The minimum Gasteiger partial charge on any atom is -0.328 e. The molecule has 6 heteroatoms. The number of nitrogens with one attached hydrogen (secondary N) is 1. The molecule has 0 unspecified atom stereocenters. The number of imidazole rings is 1. The fraction of sp³-hybridized carbons (Fsp3) is 0.667. The van der Waals surface area contributed by atoms with E-state index >= 15 is 0 Å². The second-order valence-corrected chi connectivity index (χ2v) is 5.25. The van der Waals surface area contributed by atoms with Crippen LogP contribution in [0.15, 0.2) is 0 Å². The number of aromatic amines is 1. The first-order valence-corrected chi connectivity index (χ1v) is 6.74. The predicted octanol–water partition coefficient (Wildman–Crippen LogP) is 1.95. The Labute approximate surface area is 112 Å². The van der Waals surface area contributed by atoms with Gasteiger partial charge in [-0.3, -0.25) is 4.68 Å². The Bertz CT molecular complexity index is 589. The van der Waals surface area contributed by atoms with E-state index in [1.165, 1.54) is 0 Å². The summed E-state index contributed by atoms with van der Waals surface area (Å²) >= 11 is 5.41. The summed E-state index contributed by atoms with van der Waals surface area (Å²) in [6.07, 6.45) is 2.01. The third kappa shape index (κ3) is 2.35. The second kappa shape index (κ2) is 5.24. The third-order valence-electron chi connectivity index (χ3n) is 3.14. The van der Waals surface area contributed by atoms with Crippen LogP contribution in [-0.4, -0.2) is 44.9 Å². The number of aryl methyl sites for hydroxylation is 3. The molecule has 0 aliphatic heterocycles. The Morgan fingerprint density at radius 3 is 2.72 bits per heavy atom. The Morgan fingerprint density at radius 1 is 1.39 bits per heavy atom. The predicted molar refractivity (Wildman–Crippen MR) is 76.4 cm³/mol. The highest BCUT2D eigenvalue weighted by Gasteiger charge is 2.13. The van der Waals surface area contributed by atoms with Gasteiger partial charge in [-0.2, -0.15) is 5.10 Å². The van der Waals surface area contributed by atoms with Crippen molar-refractivity contribution in [2.24, 2.45) is 7.05 Å². The molecule has 1 N–H and O–H groups in total. The Kier molecular flexibility index (Phi) is 3.87. The number of fused-ring (bicyclic) bond motifs is 1. The van der Waals surface area contributed by atoms with Crippen LogP contribution >= 0.6 is 12.2 Å². The Balaban J connectivity index is 2.35. The van der Waals surface area contributed by atoms with Crippen LogP contribution in [0.4, 0.5) is 0 Å². The molecule has 0 saturated heterocycles. The van der Waals surface area contributed by atoms with Crippen LogP contribution in [0.25, 0.3) is 11.2 Å². The smallest absolute Gasteiger partial charge is 0.179 e. The number of hydrogen-bond acceptors (Lipinski definition) is 3. The van der Waals surface area contributed by atoms with Gasteiger partial charge in [0.15, 0.2) is 10.4 Å². The molecule has 0 radical (unpaired) electrons. The highest BCUT2D eigenvalue weighted by Crippen LogP contribution is 2.18. The fourth-order valence-electron chi connectivity index (χ4n) is 2.28.